The van der Waals surface area contributed by atoms with Gasteiger partial charge in [-0.2, -0.15) is 0 Å². The van der Waals surface area contributed by atoms with Gasteiger partial charge < -0.3 is 25.9 Å². The van der Waals surface area contributed by atoms with Crippen LogP contribution in [0.4, 0.5) is 0 Å². The molecule has 0 bridgehead atoms. The molecular weight excluding hydrogens is 279 g/mol. The van der Waals surface area contributed by atoms with Gasteiger partial charge in [0.2, 0.25) is 5.91 Å². The van der Waals surface area contributed by atoms with Crippen LogP contribution in [0.2, 0.25) is 0 Å². The number of aliphatic carboxylic acids is 1. The number of carbonyl (C=O) groups excluding carboxylic acids is 1. The Balaban J connectivity index is 4.39. The summed E-state index contributed by atoms with van der Waals surface area (Å²) in [6.45, 7) is 2.88. The largest absolute Gasteiger partial charge is 0.480 e. The maximum atomic E-state index is 11.5. The number of carbonyl (C=O) groups is 2. The van der Waals surface area contributed by atoms with Crippen molar-refractivity contribution in [2.45, 2.75) is 32.4 Å². The van der Waals surface area contributed by atoms with Crippen LogP contribution in [0, 0.1) is 5.92 Å². The van der Waals surface area contributed by atoms with Crippen LogP contribution in [0.15, 0.2) is 0 Å². The van der Waals surface area contributed by atoms with Crippen LogP contribution in [0.3, 0.4) is 0 Å². The molecule has 112 valence electrons. The molecule has 0 aliphatic heterocycles. The number of nitrogens with two attached hydrogens (primary N) is 1. The summed E-state index contributed by atoms with van der Waals surface area (Å²) >= 11 is 0. The molecule has 0 aromatic rings. The van der Waals surface area contributed by atoms with E-state index in [1.54, 1.807) is 13.8 Å². The molecule has 9 nitrogen and oxygen atoms in total. The third-order valence-electron chi connectivity index (χ3n) is 2.08. The fourth-order valence-corrected chi connectivity index (χ4v) is 1.58. The monoisotopic (exact) mass is 298 g/mol. The zero-order valence-electron chi connectivity index (χ0n) is 10.6. The van der Waals surface area contributed by atoms with Crippen molar-refractivity contribution >= 4 is 19.7 Å². The van der Waals surface area contributed by atoms with Crippen molar-refractivity contribution in [1.82, 2.24) is 5.32 Å². The lowest BCUT2D eigenvalue weighted by molar-refractivity contribution is -0.142. The summed E-state index contributed by atoms with van der Waals surface area (Å²) in [5.41, 5.74) is 5.33. The summed E-state index contributed by atoms with van der Waals surface area (Å²) in [5, 5.41) is 11.1. The number of phosphoric ester groups is 1. The van der Waals surface area contributed by atoms with Crippen molar-refractivity contribution < 1.29 is 33.6 Å². The van der Waals surface area contributed by atoms with Gasteiger partial charge in [-0.3, -0.25) is 9.32 Å². The Hall–Kier alpha value is -0.990. The molecule has 0 spiro atoms. The van der Waals surface area contributed by atoms with Crippen LogP contribution < -0.4 is 11.1 Å². The van der Waals surface area contributed by atoms with Crippen LogP contribution in [0.25, 0.3) is 0 Å². The Bertz CT molecular complexity index is 368. The van der Waals surface area contributed by atoms with E-state index in [1.807, 2.05) is 0 Å². The third kappa shape index (κ3) is 8.68. The number of carboxylic acid groups (broad SMARTS) is 1. The molecule has 19 heavy (non-hydrogen) atoms. The van der Waals surface area contributed by atoms with E-state index in [9.17, 15) is 14.2 Å². The molecule has 0 radical (unpaired) electrons. The van der Waals surface area contributed by atoms with E-state index in [4.69, 9.17) is 20.6 Å². The summed E-state index contributed by atoms with van der Waals surface area (Å²) in [6.07, 6.45) is 0.215. The normalized spacial score (nSPS) is 15.1. The Morgan fingerprint density at radius 1 is 1.37 bits per heavy atom. The van der Waals surface area contributed by atoms with Crippen LogP contribution in [-0.4, -0.2) is 45.5 Å². The van der Waals surface area contributed by atoms with Gasteiger partial charge in [-0.05, 0) is 12.3 Å². The second-order valence-corrected chi connectivity index (χ2v) is 5.66. The number of hydrogen-bond donors (Lipinski definition) is 5. The van der Waals surface area contributed by atoms with Gasteiger partial charge in [0.1, 0.15) is 12.1 Å². The molecule has 0 saturated heterocycles. The average molecular weight is 298 g/mol. The van der Waals surface area contributed by atoms with Gasteiger partial charge in [0.15, 0.2) is 0 Å². The molecule has 0 aliphatic carbocycles. The van der Waals surface area contributed by atoms with E-state index in [-0.39, 0.29) is 12.3 Å². The predicted octanol–water partition coefficient (Wildman–Crippen LogP) is -0.961. The molecule has 0 aliphatic rings. The fraction of sp³-hybridized carbons (Fsp3) is 0.778. The summed E-state index contributed by atoms with van der Waals surface area (Å²) in [7, 11) is -4.71. The minimum absolute atomic E-state index is 0.0453. The van der Waals surface area contributed by atoms with E-state index in [0.29, 0.717) is 0 Å². The smallest absolute Gasteiger partial charge is 0.469 e. The third-order valence-corrected chi connectivity index (χ3v) is 2.57. The Labute approximate surface area is 110 Å². The summed E-state index contributed by atoms with van der Waals surface area (Å²) in [6, 6.07) is -2.46. The van der Waals surface area contributed by atoms with E-state index < -0.39 is 38.4 Å². The van der Waals surface area contributed by atoms with Gasteiger partial charge in [-0.1, -0.05) is 13.8 Å². The Morgan fingerprint density at radius 3 is 2.26 bits per heavy atom. The maximum Gasteiger partial charge on any atom is 0.469 e. The molecule has 10 heteroatoms. The molecule has 0 aromatic heterocycles. The second-order valence-electron chi connectivity index (χ2n) is 4.42. The van der Waals surface area contributed by atoms with Crippen molar-refractivity contribution in [3.8, 4) is 0 Å². The molecule has 0 fully saturated rings. The van der Waals surface area contributed by atoms with Crippen molar-refractivity contribution in [2.75, 3.05) is 6.61 Å². The highest BCUT2D eigenvalue weighted by molar-refractivity contribution is 7.46. The topological polar surface area (TPSA) is 159 Å². The summed E-state index contributed by atoms with van der Waals surface area (Å²) < 4.78 is 14.5. The van der Waals surface area contributed by atoms with Crippen LogP contribution in [0.5, 0.6) is 0 Å². The van der Waals surface area contributed by atoms with E-state index in [0.717, 1.165) is 0 Å². The first-order valence-corrected chi connectivity index (χ1v) is 7.04. The van der Waals surface area contributed by atoms with Gasteiger partial charge in [-0.25, -0.2) is 9.36 Å². The molecule has 6 N–H and O–H groups in total. The quantitative estimate of drug-likeness (QED) is 0.358. The number of carboxylic acids is 1. The standard InChI is InChI=1S/C9H19N2O7P/c1-5(2)3-7(9(13)14)11-8(12)6(10)4-18-19(15,16)17/h5-7H,3-4,10H2,1-2H3,(H,11,12)(H,13,14)(H2,15,16,17). The molecule has 0 rings (SSSR count). The first-order valence-electron chi connectivity index (χ1n) is 5.51. The van der Waals surface area contributed by atoms with E-state index in [1.165, 1.54) is 0 Å². The number of nitrogens with one attached hydrogen (secondary N) is 1. The first kappa shape index (κ1) is 18.0. The summed E-state index contributed by atoms with van der Waals surface area (Å²) in [4.78, 5) is 39.3. The Kier molecular flexibility index (Phi) is 7.17. The van der Waals surface area contributed by atoms with Crippen molar-refractivity contribution in [1.29, 1.82) is 0 Å². The minimum atomic E-state index is -4.71. The molecular formula is C9H19N2O7P. The van der Waals surface area contributed by atoms with Gasteiger partial charge in [0.25, 0.3) is 0 Å². The maximum absolute atomic E-state index is 11.5. The van der Waals surface area contributed by atoms with Crippen LogP contribution in [0.1, 0.15) is 20.3 Å². The fourth-order valence-electron chi connectivity index (χ4n) is 1.22. The van der Waals surface area contributed by atoms with Crippen LogP contribution >= 0.6 is 7.82 Å². The summed E-state index contributed by atoms with van der Waals surface area (Å²) in [5.74, 6) is -2.00. The SMILES string of the molecule is CC(C)CC(NC(=O)C(N)COP(=O)(O)O)C(=O)O. The van der Waals surface area contributed by atoms with E-state index >= 15 is 0 Å². The van der Waals surface area contributed by atoms with Crippen molar-refractivity contribution in [3.63, 3.8) is 0 Å². The van der Waals surface area contributed by atoms with Gasteiger partial charge in [0.05, 0.1) is 6.61 Å². The zero-order chi connectivity index (χ0) is 15.2. The van der Waals surface area contributed by atoms with Crippen molar-refractivity contribution in [2.24, 2.45) is 11.7 Å². The van der Waals surface area contributed by atoms with Gasteiger partial charge in [-0.15, -0.1) is 0 Å². The lowest BCUT2D eigenvalue weighted by Gasteiger charge is -2.19. The highest BCUT2D eigenvalue weighted by Gasteiger charge is 2.25. The lowest BCUT2D eigenvalue weighted by Crippen LogP contribution is -2.50. The molecule has 2 unspecified atom stereocenters. The Morgan fingerprint density at radius 2 is 1.89 bits per heavy atom. The number of hydrogen-bond acceptors (Lipinski definition) is 5. The average Bonchev–Trinajstić information content (AvgIpc) is 2.22. The molecule has 2 atom stereocenters. The minimum Gasteiger partial charge on any atom is -0.480 e. The number of amides is 1. The highest BCUT2D eigenvalue weighted by atomic mass is 31.2. The molecule has 0 saturated carbocycles. The van der Waals surface area contributed by atoms with Gasteiger partial charge >= 0.3 is 13.8 Å². The predicted molar refractivity (Wildman–Crippen MR) is 65.0 cm³/mol. The zero-order valence-corrected chi connectivity index (χ0v) is 11.5. The van der Waals surface area contributed by atoms with E-state index in [2.05, 4.69) is 9.84 Å². The molecule has 1 amide bonds. The van der Waals surface area contributed by atoms with Crippen LogP contribution in [-0.2, 0) is 18.7 Å². The highest BCUT2D eigenvalue weighted by Crippen LogP contribution is 2.35. The van der Waals surface area contributed by atoms with Gasteiger partial charge in [0, 0.05) is 0 Å². The number of phosphoric acid groups is 1. The number of rotatable bonds is 8. The molecule has 0 aromatic carbocycles. The second kappa shape index (κ2) is 7.56. The van der Waals surface area contributed by atoms with Crippen molar-refractivity contribution in [3.05, 3.63) is 0 Å². The lowest BCUT2D eigenvalue weighted by atomic mass is 10.0. The molecule has 0 heterocycles. The first-order chi connectivity index (χ1) is 8.53.